The largest absolute Gasteiger partial charge is 0.496 e. The minimum absolute atomic E-state index is 0.337. The lowest BCUT2D eigenvalue weighted by Crippen LogP contribution is -2.19. The molecule has 1 aromatic carbocycles. The van der Waals surface area contributed by atoms with E-state index in [0.717, 1.165) is 4.88 Å². The number of thiazole rings is 1. The molecule has 6 nitrogen and oxygen atoms in total. The van der Waals surface area contributed by atoms with Crippen molar-refractivity contribution in [1.29, 1.82) is 0 Å². The van der Waals surface area contributed by atoms with Crippen LogP contribution in [0.15, 0.2) is 29.4 Å². The van der Waals surface area contributed by atoms with Crippen LogP contribution < -0.4 is 9.54 Å². The Balaban J connectivity index is 2.20. The van der Waals surface area contributed by atoms with Gasteiger partial charge in [-0.25, -0.2) is 0 Å². The van der Waals surface area contributed by atoms with Crippen molar-refractivity contribution in [2.45, 2.75) is 13.5 Å². The minimum Gasteiger partial charge on any atom is -0.496 e. The van der Waals surface area contributed by atoms with Crippen LogP contribution in [0.2, 0.25) is 5.02 Å². The molecule has 1 heterocycles. The van der Waals surface area contributed by atoms with E-state index in [9.17, 15) is 4.79 Å². The standard InChI is InChI=1S/C17H21ClN2O4S/c1-12-11-20(6-7-24-9-8-22-2)17(25-12)19-16(21)14-10-13(18)4-5-15(14)23-3/h4-5,10-11H,6-9H2,1-3H3/b19-17-. The van der Waals surface area contributed by atoms with Gasteiger partial charge in [-0.05, 0) is 25.1 Å². The third kappa shape index (κ3) is 5.67. The molecule has 0 spiro atoms. The topological polar surface area (TPSA) is 62.0 Å². The third-order valence-electron chi connectivity index (χ3n) is 3.33. The average molecular weight is 385 g/mol. The third-order valence-corrected chi connectivity index (χ3v) is 4.50. The van der Waals surface area contributed by atoms with Gasteiger partial charge in [0.25, 0.3) is 5.91 Å². The normalized spacial score (nSPS) is 11.8. The summed E-state index contributed by atoms with van der Waals surface area (Å²) in [5, 5.41) is 0.459. The maximum absolute atomic E-state index is 12.6. The second-order valence-corrected chi connectivity index (χ2v) is 6.83. The lowest BCUT2D eigenvalue weighted by molar-refractivity contribution is 0.0663. The Morgan fingerprint density at radius 1 is 1.28 bits per heavy atom. The summed E-state index contributed by atoms with van der Waals surface area (Å²) in [6.45, 7) is 4.17. The van der Waals surface area contributed by atoms with Crippen LogP contribution in [0.1, 0.15) is 15.2 Å². The fourth-order valence-electron chi connectivity index (χ4n) is 2.15. The van der Waals surface area contributed by atoms with Crippen LogP contribution in [0.25, 0.3) is 0 Å². The molecule has 0 atom stereocenters. The molecule has 136 valence electrons. The molecule has 0 aliphatic heterocycles. The van der Waals surface area contributed by atoms with Crippen molar-refractivity contribution in [3.8, 4) is 5.75 Å². The lowest BCUT2D eigenvalue weighted by atomic mass is 10.2. The predicted molar refractivity (Wildman–Crippen MR) is 97.6 cm³/mol. The zero-order valence-corrected chi connectivity index (χ0v) is 16.0. The monoisotopic (exact) mass is 384 g/mol. The number of carbonyl (C=O) groups excluding carboxylic acids is 1. The van der Waals surface area contributed by atoms with E-state index < -0.39 is 5.91 Å². The summed E-state index contributed by atoms with van der Waals surface area (Å²) in [5.74, 6) is 0.0520. The van der Waals surface area contributed by atoms with E-state index in [0.29, 0.717) is 47.5 Å². The van der Waals surface area contributed by atoms with Crippen LogP contribution >= 0.6 is 22.9 Å². The number of aryl methyl sites for hydroxylation is 1. The van der Waals surface area contributed by atoms with Gasteiger partial charge in [-0.2, -0.15) is 4.99 Å². The number of rotatable bonds is 8. The Bertz CT molecular complexity index is 785. The Labute approximate surface area is 155 Å². The van der Waals surface area contributed by atoms with E-state index in [1.165, 1.54) is 18.4 Å². The first kappa shape index (κ1) is 19.7. The molecule has 2 rings (SSSR count). The van der Waals surface area contributed by atoms with Crippen molar-refractivity contribution in [3.05, 3.63) is 44.7 Å². The number of carbonyl (C=O) groups is 1. The second kappa shape index (κ2) is 9.72. The molecule has 1 aromatic heterocycles. The van der Waals surface area contributed by atoms with Gasteiger partial charge < -0.3 is 18.8 Å². The second-order valence-electron chi connectivity index (χ2n) is 5.18. The van der Waals surface area contributed by atoms with Crippen molar-refractivity contribution >= 4 is 28.8 Å². The Kier molecular flexibility index (Phi) is 7.64. The van der Waals surface area contributed by atoms with E-state index >= 15 is 0 Å². The van der Waals surface area contributed by atoms with Crippen LogP contribution in [-0.2, 0) is 16.0 Å². The van der Waals surface area contributed by atoms with E-state index in [1.807, 2.05) is 17.7 Å². The van der Waals surface area contributed by atoms with Crippen LogP contribution in [0.4, 0.5) is 0 Å². The molecule has 0 fully saturated rings. The Morgan fingerprint density at radius 2 is 2.08 bits per heavy atom. The number of hydrogen-bond acceptors (Lipinski definition) is 5. The molecule has 25 heavy (non-hydrogen) atoms. The molecular formula is C17H21ClN2O4S. The number of aromatic nitrogens is 1. The van der Waals surface area contributed by atoms with Crippen LogP contribution in [0.3, 0.4) is 0 Å². The highest BCUT2D eigenvalue weighted by atomic mass is 35.5. The molecule has 2 aromatic rings. The highest BCUT2D eigenvalue weighted by Crippen LogP contribution is 2.23. The maximum Gasteiger partial charge on any atom is 0.283 e. The zero-order valence-electron chi connectivity index (χ0n) is 14.5. The van der Waals surface area contributed by atoms with Gasteiger partial charge in [0.15, 0.2) is 4.80 Å². The first-order chi connectivity index (χ1) is 12.0. The molecule has 1 amide bonds. The predicted octanol–water partition coefficient (Wildman–Crippen LogP) is 2.92. The fraction of sp³-hybridized carbons (Fsp3) is 0.412. The summed E-state index contributed by atoms with van der Waals surface area (Å²) >= 11 is 7.43. The summed E-state index contributed by atoms with van der Waals surface area (Å²) < 4.78 is 17.5. The summed E-state index contributed by atoms with van der Waals surface area (Å²) in [6.07, 6.45) is 1.95. The zero-order chi connectivity index (χ0) is 18.2. The lowest BCUT2D eigenvalue weighted by Gasteiger charge is -2.06. The smallest absolute Gasteiger partial charge is 0.283 e. The molecule has 0 saturated heterocycles. The number of ether oxygens (including phenoxy) is 3. The van der Waals surface area contributed by atoms with Gasteiger partial charge in [-0.1, -0.05) is 11.6 Å². The molecule has 0 saturated carbocycles. The van der Waals surface area contributed by atoms with Gasteiger partial charge in [-0.15, -0.1) is 11.3 Å². The Hall–Kier alpha value is -1.67. The average Bonchev–Trinajstić information content (AvgIpc) is 2.94. The van der Waals surface area contributed by atoms with Crippen LogP contribution in [-0.4, -0.2) is 44.5 Å². The molecule has 0 N–H and O–H groups in total. The van der Waals surface area contributed by atoms with Gasteiger partial charge >= 0.3 is 0 Å². The molecule has 0 bridgehead atoms. The molecule has 0 unspecified atom stereocenters. The van der Waals surface area contributed by atoms with Gasteiger partial charge in [0.05, 0.1) is 32.5 Å². The minimum atomic E-state index is -0.393. The highest BCUT2D eigenvalue weighted by molar-refractivity contribution is 7.09. The van der Waals surface area contributed by atoms with Gasteiger partial charge in [0.2, 0.25) is 0 Å². The van der Waals surface area contributed by atoms with Crippen molar-refractivity contribution in [3.63, 3.8) is 0 Å². The summed E-state index contributed by atoms with van der Waals surface area (Å²) in [7, 11) is 3.14. The van der Waals surface area contributed by atoms with E-state index in [4.69, 9.17) is 25.8 Å². The summed E-state index contributed by atoms with van der Waals surface area (Å²) in [5.41, 5.74) is 0.337. The SMILES string of the molecule is COCCOCCn1cc(C)s/c1=N\C(=O)c1cc(Cl)ccc1OC. The molecule has 8 heteroatoms. The first-order valence-electron chi connectivity index (χ1n) is 7.71. The Morgan fingerprint density at radius 3 is 2.80 bits per heavy atom. The van der Waals surface area contributed by atoms with Crippen molar-refractivity contribution < 1.29 is 19.0 Å². The number of nitrogens with zero attached hydrogens (tertiary/aromatic N) is 2. The number of methoxy groups -OCH3 is 2. The summed E-state index contributed by atoms with van der Waals surface area (Å²) in [6, 6.07) is 4.89. The van der Waals surface area contributed by atoms with Crippen LogP contribution in [0, 0.1) is 6.92 Å². The van der Waals surface area contributed by atoms with Crippen molar-refractivity contribution in [1.82, 2.24) is 4.57 Å². The summed E-state index contributed by atoms with van der Waals surface area (Å²) in [4.78, 5) is 18.5. The number of benzene rings is 1. The number of amides is 1. The van der Waals surface area contributed by atoms with E-state index in [2.05, 4.69) is 4.99 Å². The van der Waals surface area contributed by atoms with E-state index in [-0.39, 0.29) is 0 Å². The van der Waals surface area contributed by atoms with Gasteiger partial charge in [0, 0.05) is 29.8 Å². The first-order valence-corrected chi connectivity index (χ1v) is 8.90. The molecule has 0 aliphatic rings. The van der Waals surface area contributed by atoms with Gasteiger partial charge in [0.1, 0.15) is 5.75 Å². The van der Waals surface area contributed by atoms with Gasteiger partial charge in [-0.3, -0.25) is 4.79 Å². The fourth-order valence-corrected chi connectivity index (χ4v) is 3.18. The van der Waals surface area contributed by atoms with Crippen LogP contribution in [0.5, 0.6) is 5.75 Å². The molecular weight excluding hydrogens is 364 g/mol. The maximum atomic E-state index is 12.6. The van der Waals surface area contributed by atoms with E-state index in [1.54, 1.807) is 25.3 Å². The number of halogens is 1. The quantitative estimate of drug-likeness (QED) is 0.656. The molecule has 0 aliphatic carbocycles. The highest BCUT2D eigenvalue weighted by Gasteiger charge is 2.13. The van der Waals surface area contributed by atoms with Crippen molar-refractivity contribution in [2.24, 2.45) is 4.99 Å². The molecule has 0 radical (unpaired) electrons. The van der Waals surface area contributed by atoms with Crippen molar-refractivity contribution in [2.75, 3.05) is 34.0 Å². The number of hydrogen-bond donors (Lipinski definition) is 0.